The monoisotopic (exact) mass is 232 g/mol. The molecule has 0 saturated heterocycles. The van der Waals surface area contributed by atoms with Gasteiger partial charge in [-0.1, -0.05) is 19.1 Å². The molecule has 0 aliphatic heterocycles. The second kappa shape index (κ2) is 6.66. The number of benzene rings is 1. The molecule has 0 radical (unpaired) electrons. The number of nitrogens with one attached hydrogen (secondary N) is 1. The van der Waals surface area contributed by atoms with Crippen LogP contribution >= 0.6 is 0 Å². The maximum Gasteiger partial charge on any atom is 0.251 e. The number of hydrogen-bond donors (Lipinski definition) is 2. The number of nitrogens with zero attached hydrogens (tertiary/aromatic N) is 1. The number of hydrogen-bond acceptors (Lipinski definition) is 3. The second-order valence-corrected chi connectivity index (χ2v) is 3.76. The van der Waals surface area contributed by atoms with Crippen LogP contribution in [-0.4, -0.2) is 17.6 Å². The summed E-state index contributed by atoms with van der Waals surface area (Å²) in [5.41, 5.74) is 1.10. The van der Waals surface area contributed by atoms with E-state index in [0.29, 0.717) is 17.7 Å². The Kier molecular flexibility index (Phi) is 5.18. The van der Waals surface area contributed by atoms with Crippen LogP contribution in [0.1, 0.15) is 41.8 Å². The number of nitriles is 1. The van der Waals surface area contributed by atoms with Gasteiger partial charge >= 0.3 is 0 Å². The average Bonchev–Trinajstić information content (AvgIpc) is 2.36. The van der Waals surface area contributed by atoms with Gasteiger partial charge in [-0.3, -0.25) is 4.79 Å². The van der Waals surface area contributed by atoms with Crippen molar-refractivity contribution >= 4 is 5.91 Å². The van der Waals surface area contributed by atoms with Crippen LogP contribution in [0.2, 0.25) is 0 Å². The highest BCUT2D eigenvalue weighted by Crippen LogP contribution is 2.17. The Morgan fingerprint density at radius 1 is 1.59 bits per heavy atom. The normalized spacial score (nSPS) is 11.6. The van der Waals surface area contributed by atoms with Gasteiger partial charge in [-0.25, -0.2) is 0 Å². The van der Waals surface area contributed by atoms with Gasteiger partial charge in [0.15, 0.2) is 0 Å². The minimum absolute atomic E-state index is 0.0278. The summed E-state index contributed by atoms with van der Waals surface area (Å²) in [5.74, 6) is -0.155. The zero-order chi connectivity index (χ0) is 12.7. The summed E-state index contributed by atoms with van der Waals surface area (Å²) < 4.78 is 0. The first-order chi connectivity index (χ1) is 8.19. The number of carbonyl (C=O) groups excluding carboxylic acids is 1. The van der Waals surface area contributed by atoms with Crippen molar-refractivity contribution in [3.63, 3.8) is 0 Å². The van der Waals surface area contributed by atoms with Gasteiger partial charge in [0.2, 0.25) is 0 Å². The molecule has 0 aliphatic carbocycles. The number of carbonyl (C=O) groups is 1. The topological polar surface area (TPSA) is 73.1 Å². The van der Waals surface area contributed by atoms with Crippen molar-refractivity contribution in [1.82, 2.24) is 5.32 Å². The zero-order valence-electron chi connectivity index (χ0n) is 9.81. The SMILES string of the molecule is CCCNC(=O)c1cccc(C(O)CC#N)c1. The zero-order valence-corrected chi connectivity index (χ0v) is 9.81. The van der Waals surface area contributed by atoms with Gasteiger partial charge in [-0.05, 0) is 24.1 Å². The number of aliphatic hydroxyl groups is 1. The molecular weight excluding hydrogens is 216 g/mol. The third-order valence-electron chi connectivity index (χ3n) is 2.35. The lowest BCUT2D eigenvalue weighted by Crippen LogP contribution is -2.24. The van der Waals surface area contributed by atoms with Crippen molar-refractivity contribution in [2.24, 2.45) is 0 Å². The van der Waals surface area contributed by atoms with Gasteiger partial charge in [0.25, 0.3) is 5.91 Å². The lowest BCUT2D eigenvalue weighted by Gasteiger charge is -2.09. The molecular formula is C13H16N2O2. The Bertz CT molecular complexity index is 424. The Balaban J connectivity index is 2.79. The largest absolute Gasteiger partial charge is 0.387 e. The Morgan fingerprint density at radius 3 is 3.00 bits per heavy atom. The first kappa shape index (κ1) is 13.2. The Labute approximate surface area is 101 Å². The molecule has 0 spiro atoms. The van der Waals surface area contributed by atoms with Crippen molar-refractivity contribution in [2.75, 3.05) is 6.54 Å². The molecule has 0 aliphatic rings. The van der Waals surface area contributed by atoms with Crippen molar-refractivity contribution < 1.29 is 9.90 Å². The van der Waals surface area contributed by atoms with E-state index in [1.54, 1.807) is 24.3 Å². The van der Waals surface area contributed by atoms with Gasteiger partial charge in [0.05, 0.1) is 18.6 Å². The van der Waals surface area contributed by atoms with Crippen molar-refractivity contribution in [1.29, 1.82) is 5.26 Å². The lowest BCUT2D eigenvalue weighted by atomic mass is 10.0. The number of amides is 1. The third-order valence-corrected chi connectivity index (χ3v) is 2.35. The number of rotatable bonds is 5. The molecule has 17 heavy (non-hydrogen) atoms. The van der Waals surface area contributed by atoms with E-state index in [-0.39, 0.29) is 12.3 Å². The number of aliphatic hydroxyl groups excluding tert-OH is 1. The van der Waals surface area contributed by atoms with Crippen LogP contribution in [0.15, 0.2) is 24.3 Å². The molecule has 0 fully saturated rings. The Hall–Kier alpha value is -1.86. The summed E-state index contributed by atoms with van der Waals surface area (Å²) in [6.07, 6.45) is 0.0709. The summed E-state index contributed by atoms with van der Waals surface area (Å²) in [6, 6.07) is 8.62. The molecule has 2 N–H and O–H groups in total. The summed E-state index contributed by atoms with van der Waals surface area (Å²) in [4.78, 5) is 11.7. The highest BCUT2D eigenvalue weighted by Gasteiger charge is 2.10. The van der Waals surface area contributed by atoms with E-state index in [1.807, 2.05) is 13.0 Å². The highest BCUT2D eigenvalue weighted by molar-refractivity contribution is 5.94. The molecule has 4 heteroatoms. The first-order valence-corrected chi connectivity index (χ1v) is 5.62. The fourth-order valence-corrected chi connectivity index (χ4v) is 1.43. The second-order valence-electron chi connectivity index (χ2n) is 3.76. The molecule has 90 valence electrons. The molecule has 1 aromatic rings. The van der Waals surface area contributed by atoms with Crippen LogP contribution in [0, 0.1) is 11.3 Å². The minimum Gasteiger partial charge on any atom is -0.387 e. The standard InChI is InChI=1S/C13H16N2O2/c1-2-8-15-13(17)11-5-3-4-10(9-11)12(16)6-7-14/h3-5,9,12,16H,2,6,8H2,1H3,(H,15,17). The fraction of sp³-hybridized carbons (Fsp3) is 0.385. The molecule has 0 heterocycles. The van der Waals surface area contributed by atoms with Crippen molar-refractivity contribution in [3.05, 3.63) is 35.4 Å². The smallest absolute Gasteiger partial charge is 0.251 e. The van der Waals surface area contributed by atoms with E-state index in [0.717, 1.165) is 6.42 Å². The molecule has 1 aromatic carbocycles. The van der Waals surface area contributed by atoms with Crippen LogP contribution in [0.25, 0.3) is 0 Å². The molecule has 0 aromatic heterocycles. The maximum absolute atomic E-state index is 11.7. The van der Waals surface area contributed by atoms with Crippen LogP contribution < -0.4 is 5.32 Å². The van der Waals surface area contributed by atoms with Gasteiger partial charge in [-0.15, -0.1) is 0 Å². The summed E-state index contributed by atoms with van der Waals surface area (Å²) >= 11 is 0. The van der Waals surface area contributed by atoms with Gasteiger partial charge in [-0.2, -0.15) is 5.26 Å². The van der Waals surface area contributed by atoms with Crippen molar-refractivity contribution in [3.8, 4) is 6.07 Å². The Morgan fingerprint density at radius 2 is 2.35 bits per heavy atom. The fourth-order valence-electron chi connectivity index (χ4n) is 1.43. The van der Waals surface area contributed by atoms with Gasteiger partial charge in [0.1, 0.15) is 0 Å². The maximum atomic E-state index is 11.7. The molecule has 0 saturated carbocycles. The first-order valence-electron chi connectivity index (χ1n) is 5.62. The lowest BCUT2D eigenvalue weighted by molar-refractivity contribution is 0.0953. The quantitative estimate of drug-likeness (QED) is 0.812. The third kappa shape index (κ3) is 3.89. The molecule has 0 bridgehead atoms. The van der Waals surface area contributed by atoms with E-state index in [9.17, 15) is 9.90 Å². The van der Waals surface area contributed by atoms with Gasteiger partial charge in [0, 0.05) is 12.1 Å². The molecule has 4 nitrogen and oxygen atoms in total. The van der Waals surface area contributed by atoms with Gasteiger partial charge < -0.3 is 10.4 Å². The molecule has 1 atom stereocenters. The van der Waals surface area contributed by atoms with E-state index in [2.05, 4.69) is 5.32 Å². The van der Waals surface area contributed by atoms with E-state index < -0.39 is 6.10 Å². The van der Waals surface area contributed by atoms with Crippen LogP contribution in [0.3, 0.4) is 0 Å². The van der Waals surface area contributed by atoms with Crippen LogP contribution in [-0.2, 0) is 0 Å². The van der Waals surface area contributed by atoms with Crippen LogP contribution in [0.5, 0.6) is 0 Å². The minimum atomic E-state index is -0.834. The predicted molar refractivity (Wildman–Crippen MR) is 64.3 cm³/mol. The van der Waals surface area contributed by atoms with Crippen molar-refractivity contribution in [2.45, 2.75) is 25.9 Å². The summed E-state index contributed by atoms with van der Waals surface area (Å²) in [7, 11) is 0. The van der Waals surface area contributed by atoms with E-state index in [4.69, 9.17) is 5.26 Å². The average molecular weight is 232 g/mol. The predicted octanol–water partition coefficient (Wildman–Crippen LogP) is 1.77. The van der Waals surface area contributed by atoms with E-state index >= 15 is 0 Å². The molecule has 1 rings (SSSR count). The van der Waals surface area contributed by atoms with Crippen LogP contribution in [0.4, 0.5) is 0 Å². The molecule has 1 unspecified atom stereocenters. The summed E-state index contributed by atoms with van der Waals surface area (Å²) in [5, 5.41) is 20.9. The summed E-state index contributed by atoms with van der Waals surface area (Å²) in [6.45, 7) is 2.61. The highest BCUT2D eigenvalue weighted by atomic mass is 16.3. The van der Waals surface area contributed by atoms with E-state index in [1.165, 1.54) is 0 Å². The molecule has 1 amide bonds.